The Bertz CT molecular complexity index is 456. The van der Waals surface area contributed by atoms with Gasteiger partial charge in [0, 0.05) is 30.8 Å². The van der Waals surface area contributed by atoms with Gasteiger partial charge in [-0.3, -0.25) is 0 Å². The van der Waals surface area contributed by atoms with E-state index in [0.29, 0.717) is 5.41 Å². The lowest BCUT2D eigenvalue weighted by molar-refractivity contribution is 0.354. The summed E-state index contributed by atoms with van der Waals surface area (Å²) in [5.41, 5.74) is 8.56. The van der Waals surface area contributed by atoms with Crippen molar-refractivity contribution in [3.05, 3.63) is 17.7 Å². The molecule has 106 valence electrons. The lowest BCUT2D eigenvalue weighted by Gasteiger charge is -2.27. The number of hydrogen-bond acceptors (Lipinski definition) is 4. The summed E-state index contributed by atoms with van der Waals surface area (Å²) in [6.45, 7) is 3.86. The lowest BCUT2D eigenvalue weighted by Crippen LogP contribution is -2.31. The first-order chi connectivity index (χ1) is 9.05. The van der Waals surface area contributed by atoms with Crippen LogP contribution >= 0.6 is 0 Å². The fourth-order valence-electron chi connectivity index (χ4n) is 2.57. The fraction of sp³-hybridized carbons (Fsp3) is 0.600. The predicted octanol–water partition coefficient (Wildman–Crippen LogP) is 2.19. The van der Waals surface area contributed by atoms with Crippen LogP contribution in [0.3, 0.4) is 0 Å². The van der Waals surface area contributed by atoms with Gasteiger partial charge in [-0.2, -0.15) is 0 Å². The topological polar surface area (TPSA) is 47.7 Å². The second-order valence-corrected chi connectivity index (χ2v) is 5.55. The van der Waals surface area contributed by atoms with Crippen molar-refractivity contribution in [2.24, 2.45) is 11.1 Å². The number of benzene rings is 1. The molecule has 0 radical (unpaired) electrons. The molecule has 1 fully saturated rings. The van der Waals surface area contributed by atoms with Crippen LogP contribution < -0.4 is 20.1 Å². The first kappa shape index (κ1) is 14.0. The van der Waals surface area contributed by atoms with E-state index in [1.807, 2.05) is 12.1 Å². The average Bonchev–Trinajstić information content (AvgIpc) is 3.18. The summed E-state index contributed by atoms with van der Waals surface area (Å²) in [6.07, 6.45) is 2.47. The van der Waals surface area contributed by atoms with Gasteiger partial charge in [-0.05, 0) is 37.9 Å². The Hall–Kier alpha value is -1.42. The zero-order valence-electron chi connectivity index (χ0n) is 12.3. The first-order valence-electron chi connectivity index (χ1n) is 6.69. The average molecular weight is 264 g/mol. The Balaban J connectivity index is 2.23. The molecule has 2 N–H and O–H groups in total. The van der Waals surface area contributed by atoms with E-state index in [9.17, 15) is 0 Å². The lowest BCUT2D eigenvalue weighted by atomic mass is 10.1. The van der Waals surface area contributed by atoms with Gasteiger partial charge in [0.2, 0.25) is 0 Å². The molecule has 0 unspecified atom stereocenters. The highest BCUT2D eigenvalue weighted by atomic mass is 16.5. The number of ether oxygens (including phenoxy) is 2. The molecule has 4 heteroatoms. The van der Waals surface area contributed by atoms with Crippen molar-refractivity contribution in [3.8, 4) is 11.5 Å². The minimum atomic E-state index is 0.328. The molecule has 2 rings (SSSR count). The van der Waals surface area contributed by atoms with Gasteiger partial charge in [0.1, 0.15) is 0 Å². The summed E-state index contributed by atoms with van der Waals surface area (Å²) in [7, 11) is 5.44. The Labute approximate surface area is 115 Å². The molecule has 0 spiro atoms. The predicted molar refractivity (Wildman–Crippen MR) is 78.3 cm³/mol. The molecule has 0 bridgehead atoms. The van der Waals surface area contributed by atoms with Gasteiger partial charge in [-0.25, -0.2) is 0 Å². The summed E-state index contributed by atoms with van der Waals surface area (Å²) in [5.74, 6) is 1.55. The Morgan fingerprint density at radius 2 is 1.79 bits per heavy atom. The Morgan fingerprint density at radius 1 is 1.21 bits per heavy atom. The second kappa shape index (κ2) is 5.29. The molecule has 0 amide bonds. The monoisotopic (exact) mass is 264 g/mol. The van der Waals surface area contributed by atoms with Gasteiger partial charge >= 0.3 is 0 Å². The molecular weight excluding hydrogens is 240 g/mol. The first-order valence-corrected chi connectivity index (χ1v) is 6.69. The van der Waals surface area contributed by atoms with Gasteiger partial charge in [-0.1, -0.05) is 0 Å². The highest BCUT2D eigenvalue weighted by Gasteiger charge is 2.42. The van der Waals surface area contributed by atoms with E-state index in [0.717, 1.165) is 24.6 Å². The molecule has 1 saturated carbocycles. The Kier molecular flexibility index (Phi) is 3.90. The van der Waals surface area contributed by atoms with Gasteiger partial charge in [0.15, 0.2) is 11.5 Å². The third-order valence-corrected chi connectivity index (χ3v) is 4.08. The van der Waals surface area contributed by atoms with Crippen LogP contribution in [-0.4, -0.2) is 34.4 Å². The molecule has 1 aliphatic rings. The number of aryl methyl sites for hydroxylation is 1. The van der Waals surface area contributed by atoms with E-state index < -0.39 is 0 Å². The number of methoxy groups -OCH3 is 2. The standard InChI is InChI=1S/C15H24N2O2/c1-11-7-13(18-3)14(19-4)8-12(11)17(2)10-15(9-16)5-6-15/h7-8H,5-6,9-10,16H2,1-4H3. The molecule has 0 heterocycles. The van der Waals surface area contributed by atoms with Crippen molar-refractivity contribution >= 4 is 5.69 Å². The van der Waals surface area contributed by atoms with Crippen molar-refractivity contribution < 1.29 is 9.47 Å². The van der Waals surface area contributed by atoms with Crippen molar-refractivity contribution in [2.45, 2.75) is 19.8 Å². The molecule has 4 nitrogen and oxygen atoms in total. The summed E-state index contributed by atoms with van der Waals surface area (Å²) < 4.78 is 10.7. The van der Waals surface area contributed by atoms with E-state index in [1.165, 1.54) is 24.1 Å². The van der Waals surface area contributed by atoms with Crippen LogP contribution in [0, 0.1) is 12.3 Å². The minimum absolute atomic E-state index is 0.328. The number of nitrogens with two attached hydrogens (primary N) is 1. The van der Waals surface area contributed by atoms with Gasteiger partial charge in [-0.15, -0.1) is 0 Å². The molecule has 1 aromatic rings. The maximum absolute atomic E-state index is 5.86. The highest BCUT2D eigenvalue weighted by Crippen LogP contribution is 2.46. The van der Waals surface area contributed by atoms with Crippen molar-refractivity contribution in [2.75, 3.05) is 39.3 Å². The van der Waals surface area contributed by atoms with E-state index >= 15 is 0 Å². The van der Waals surface area contributed by atoms with E-state index in [1.54, 1.807) is 14.2 Å². The zero-order valence-corrected chi connectivity index (χ0v) is 12.3. The number of anilines is 1. The van der Waals surface area contributed by atoms with Gasteiger partial charge in [0.05, 0.1) is 14.2 Å². The maximum atomic E-state index is 5.86. The van der Waals surface area contributed by atoms with Crippen LogP contribution in [0.2, 0.25) is 0 Å². The van der Waals surface area contributed by atoms with Crippen molar-refractivity contribution in [3.63, 3.8) is 0 Å². The van der Waals surface area contributed by atoms with Crippen LogP contribution in [0.25, 0.3) is 0 Å². The largest absolute Gasteiger partial charge is 0.493 e. The van der Waals surface area contributed by atoms with Crippen LogP contribution in [-0.2, 0) is 0 Å². The fourth-order valence-corrected chi connectivity index (χ4v) is 2.57. The third-order valence-electron chi connectivity index (χ3n) is 4.08. The SMILES string of the molecule is COc1cc(C)c(N(C)CC2(CN)CC2)cc1OC. The number of nitrogens with zero attached hydrogens (tertiary/aromatic N) is 1. The zero-order chi connectivity index (χ0) is 14.0. The summed E-state index contributed by atoms with van der Waals surface area (Å²) >= 11 is 0. The molecule has 0 aromatic heterocycles. The van der Waals surface area contributed by atoms with E-state index in [-0.39, 0.29) is 0 Å². The molecule has 1 aromatic carbocycles. The van der Waals surface area contributed by atoms with Crippen LogP contribution in [0.1, 0.15) is 18.4 Å². The molecular formula is C15H24N2O2. The van der Waals surface area contributed by atoms with Crippen LogP contribution in [0.5, 0.6) is 11.5 Å². The number of rotatable bonds is 6. The molecule has 0 atom stereocenters. The molecule has 0 aliphatic heterocycles. The van der Waals surface area contributed by atoms with Crippen LogP contribution in [0.15, 0.2) is 12.1 Å². The van der Waals surface area contributed by atoms with Crippen LogP contribution in [0.4, 0.5) is 5.69 Å². The Morgan fingerprint density at radius 3 is 2.26 bits per heavy atom. The van der Waals surface area contributed by atoms with Crippen molar-refractivity contribution in [1.82, 2.24) is 0 Å². The number of hydrogen-bond donors (Lipinski definition) is 1. The van der Waals surface area contributed by atoms with E-state index in [4.69, 9.17) is 15.2 Å². The second-order valence-electron chi connectivity index (χ2n) is 5.55. The summed E-state index contributed by atoms with van der Waals surface area (Å²) in [6, 6.07) is 4.06. The quantitative estimate of drug-likeness (QED) is 0.855. The minimum Gasteiger partial charge on any atom is -0.493 e. The summed E-state index contributed by atoms with van der Waals surface area (Å²) in [5, 5.41) is 0. The summed E-state index contributed by atoms with van der Waals surface area (Å²) in [4.78, 5) is 2.27. The molecule has 19 heavy (non-hydrogen) atoms. The molecule has 1 aliphatic carbocycles. The highest BCUT2D eigenvalue weighted by molar-refractivity contribution is 5.61. The van der Waals surface area contributed by atoms with E-state index in [2.05, 4.69) is 18.9 Å². The third kappa shape index (κ3) is 2.78. The van der Waals surface area contributed by atoms with Crippen molar-refractivity contribution in [1.29, 1.82) is 0 Å². The molecule has 0 saturated heterocycles. The van der Waals surface area contributed by atoms with Gasteiger partial charge in [0.25, 0.3) is 0 Å². The normalized spacial score (nSPS) is 16.1. The maximum Gasteiger partial charge on any atom is 0.162 e. The van der Waals surface area contributed by atoms with Gasteiger partial charge < -0.3 is 20.1 Å². The smallest absolute Gasteiger partial charge is 0.162 e.